The number of anilines is 1. The summed E-state index contributed by atoms with van der Waals surface area (Å²) in [5, 5.41) is 10.9. The highest BCUT2D eigenvalue weighted by molar-refractivity contribution is 5.94. The number of piperidine rings is 1. The van der Waals surface area contributed by atoms with Gasteiger partial charge in [0.25, 0.3) is 5.91 Å². The first-order chi connectivity index (χ1) is 15.7. The molecule has 2 atom stereocenters. The Morgan fingerprint density at radius 2 is 1.97 bits per heavy atom. The van der Waals surface area contributed by atoms with E-state index in [-0.39, 0.29) is 18.3 Å². The third-order valence-corrected chi connectivity index (χ3v) is 6.59. The lowest BCUT2D eigenvalue weighted by Crippen LogP contribution is -2.58. The monoisotopic (exact) mass is 457 g/mol. The van der Waals surface area contributed by atoms with Crippen LogP contribution in [0, 0.1) is 0 Å². The van der Waals surface area contributed by atoms with E-state index in [2.05, 4.69) is 4.98 Å². The average Bonchev–Trinajstić information content (AvgIpc) is 2.80. The van der Waals surface area contributed by atoms with E-state index in [0.717, 1.165) is 0 Å². The van der Waals surface area contributed by atoms with Gasteiger partial charge in [-0.05, 0) is 50.1 Å². The van der Waals surface area contributed by atoms with E-state index in [1.165, 1.54) is 4.57 Å². The fourth-order valence-electron chi connectivity index (χ4n) is 4.61. The minimum Gasteiger partial charge on any atom is -0.492 e. The summed E-state index contributed by atoms with van der Waals surface area (Å²) in [7, 11) is 0. The van der Waals surface area contributed by atoms with Crippen molar-refractivity contribution in [3.05, 3.63) is 52.6 Å². The Bertz CT molecular complexity index is 1040. The molecule has 2 aliphatic rings. The van der Waals surface area contributed by atoms with E-state index >= 15 is 0 Å². The third kappa shape index (κ3) is 4.87. The van der Waals surface area contributed by atoms with Crippen LogP contribution in [0.15, 0.2) is 41.3 Å². The molecule has 4 rings (SSSR count). The average molecular weight is 458 g/mol. The van der Waals surface area contributed by atoms with Gasteiger partial charge in [0.2, 0.25) is 0 Å². The molecule has 10 heteroatoms. The highest BCUT2D eigenvalue weighted by Crippen LogP contribution is 2.43. The van der Waals surface area contributed by atoms with Gasteiger partial charge in [-0.3, -0.25) is 9.36 Å². The fourth-order valence-corrected chi connectivity index (χ4v) is 4.61. The molecule has 0 radical (unpaired) electrons. The zero-order valence-corrected chi connectivity index (χ0v) is 18.8. The van der Waals surface area contributed by atoms with Gasteiger partial charge in [0.15, 0.2) is 0 Å². The minimum atomic E-state index is -1.23. The van der Waals surface area contributed by atoms with Crippen molar-refractivity contribution in [2.24, 2.45) is 5.73 Å². The maximum Gasteiger partial charge on any atom is 0.349 e. The smallest absolute Gasteiger partial charge is 0.349 e. The van der Waals surface area contributed by atoms with Crippen LogP contribution in [0.1, 0.15) is 42.6 Å². The summed E-state index contributed by atoms with van der Waals surface area (Å²) in [6.45, 7) is 3.65. The molecule has 5 N–H and O–H groups in total. The second kappa shape index (κ2) is 9.12. The van der Waals surface area contributed by atoms with E-state index in [4.69, 9.17) is 20.9 Å². The molecule has 2 aromatic rings. The Labute approximate surface area is 192 Å². The molecule has 10 nitrogen and oxygen atoms in total. The van der Waals surface area contributed by atoms with Gasteiger partial charge in [-0.1, -0.05) is 0 Å². The Balaban J connectivity index is 1.43. The standard InChI is InChI=1S/C23H31N5O5/c1-22(31)15-33-23(14-18(22)28-10-6-19(25)26-21(28)30)7-11-27(12-8-23)20(29)16-2-4-17(5-3-16)32-13-9-24/h2-6,10,18,31H,7-9,11-15,24H2,1H3,(H2,25,26,30)/t18-,22-/m0/s1. The van der Waals surface area contributed by atoms with Gasteiger partial charge in [-0.25, -0.2) is 4.79 Å². The largest absolute Gasteiger partial charge is 0.492 e. The molecule has 33 heavy (non-hydrogen) atoms. The van der Waals surface area contributed by atoms with E-state index in [1.54, 1.807) is 43.5 Å². The maximum atomic E-state index is 13.0. The van der Waals surface area contributed by atoms with Crippen LogP contribution >= 0.6 is 0 Å². The van der Waals surface area contributed by atoms with Crippen molar-refractivity contribution in [3.63, 3.8) is 0 Å². The first-order valence-corrected chi connectivity index (χ1v) is 11.2. The molecule has 3 heterocycles. The lowest BCUT2D eigenvalue weighted by atomic mass is 9.77. The van der Waals surface area contributed by atoms with Gasteiger partial charge in [-0.2, -0.15) is 4.98 Å². The number of nitrogens with two attached hydrogens (primary N) is 2. The highest BCUT2D eigenvalue weighted by Gasteiger charge is 2.49. The van der Waals surface area contributed by atoms with Gasteiger partial charge in [-0.15, -0.1) is 0 Å². The Kier molecular flexibility index (Phi) is 6.42. The molecule has 0 saturated carbocycles. The third-order valence-electron chi connectivity index (χ3n) is 6.59. The van der Waals surface area contributed by atoms with Crippen molar-refractivity contribution in [3.8, 4) is 5.75 Å². The zero-order chi connectivity index (χ0) is 23.6. The molecular weight excluding hydrogens is 426 g/mol. The number of carbonyl (C=O) groups excluding carboxylic acids is 1. The summed E-state index contributed by atoms with van der Waals surface area (Å²) in [5.41, 5.74) is 9.41. The van der Waals surface area contributed by atoms with Crippen LogP contribution in [-0.2, 0) is 4.74 Å². The van der Waals surface area contributed by atoms with Crippen LogP contribution in [0.5, 0.6) is 5.75 Å². The summed E-state index contributed by atoms with van der Waals surface area (Å²) < 4.78 is 13.1. The summed E-state index contributed by atoms with van der Waals surface area (Å²) in [5.74, 6) is 0.771. The molecule has 2 fully saturated rings. The second-order valence-electron chi connectivity index (χ2n) is 9.04. The zero-order valence-electron chi connectivity index (χ0n) is 18.8. The number of hydrogen-bond donors (Lipinski definition) is 3. The van der Waals surface area contributed by atoms with Gasteiger partial charge >= 0.3 is 5.69 Å². The molecule has 2 saturated heterocycles. The Morgan fingerprint density at radius 1 is 1.27 bits per heavy atom. The van der Waals surface area contributed by atoms with Crippen molar-refractivity contribution in [2.45, 2.75) is 43.4 Å². The van der Waals surface area contributed by atoms with Crippen molar-refractivity contribution in [1.82, 2.24) is 14.5 Å². The second-order valence-corrected chi connectivity index (χ2v) is 9.04. The van der Waals surface area contributed by atoms with E-state index in [9.17, 15) is 14.7 Å². The summed E-state index contributed by atoms with van der Waals surface area (Å²) >= 11 is 0. The maximum absolute atomic E-state index is 13.0. The quantitative estimate of drug-likeness (QED) is 0.590. The summed E-state index contributed by atoms with van der Waals surface area (Å²) in [6, 6.07) is 8.09. The molecule has 0 unspecified atom stereocenters. The van der Waals surface area contributed by atoms with E-state index in [0.29, 0.717) is 56.8 Å². The predicted molar refractivity (Wildman–Crippen MR) is 122 cm³/mol. The summed E-state index contributed by atoms with van der Waals surface area (Å²) in [4.78, 5) is 31.0. The first-order valence-electron chi connectivity index (χ1n) is 11.2. The molecule has 0 bridgehead atoms. The number of amides is 1. The van der Waals surface area contributed by atoms with Gasteiger partial charge in [0.1, 0.15) is 23.8 Å². The molecule has 1 aromatic carbocycles. The van der Waals surface area contributed by atoms with Crippen molar-refractivity contribution in [1.29, 1.82) is 0 Å². The number of aliphatic hydroxyl groups is 1. The number of aromatic nitrogens is 2. The van der Waals surface area contributed by atoms with Crippen molar-refractivity contribution in [2.75, 3.05) is 38.6 Å². The normalized spacial score (nSPS) is 24.6. The Morgan fingerprint density at radius 3 is 2.61 bits per heavy atom. The molecule has 1 spiro atoms. The highest BCUT2D eigenvalue weighted by atomic mass is 16.5. The number of ether oxygens (including phenoxy) is 2. The van der Waals surface area contributed by atoms with Crippen LogP contribution < -0.4 is 21.9 Å². The van der Waals surface area contributed by atoms with Crippen LogP contribution in [0.3, 0.4) is 0 Å². The van der Waals surface area contributed by atoms with Crippen LogP contribution in [0.4, 0.5) is 5.82 Å². The minimum absolute atomic E-state index is 0.0477. The molecule has 1 aromatic heterocycles. The molecule has 178 valence electrons. The van der Waals surface area contributed by atoms with Gasteiger partial charge in [0, 0.05) is 37.8 Å². The lowest BCUT2D eigenvalue weighted by Gasteiger charge is -2.51. The SMILES string of the molecule is C[C@]1(O)COC2(CCN(C(=O)c3ccc(OCCN)cc3)CC2)C[C@@H]1n1ccc(N)nc1=O. The number of carbonyl (C=O) groups is 1. The Hall–Kier alpha value is -2.95. The number of benzene rings is 1. The number of hydrogen-bond acceptors (Lipinski definition) is 8. The first kappa shape index (κ1) is 23.2. The topological polar surface area (TPSA) is 146 Å². The van der Waals surface area contributed by atoms with Crippen LogP contribution in [0.2, 0.25) is 0 Å². The summed E-state index contributed by atoms with van der Waals surface area (Å²) in [6.07, 6.45) is 3.24. The number of likely N-dealkylation sites (tertiary alicyclic amines) is 1. The molecule has 2 aliphatic heterocycles. The van der Waals surface area contributed by atoms with Crippen LogP contribution in [-0.4, -0.2) is 69.5 Å². The number of nitrogen functional groups attached to an aromatic ring is 1. The van der Waals surface area contributed by atoms with Crippen molar-refractivity contribution < 1.29 is 19.4 Å². The van der Waals surface area contributed by atoms with Crippen molar-refractivity contribution >= 4 is 11.7 Å². The lowest BCUT2D eigenvalue weighted by molar-refractivity contribution is -0.199. The van der Waals surface area contributed by atoms with E-state index in [1.807, 2.05) is 4.90 Å². The molecule has 1 amide bonds. The number of nitrogens with zero attached hydrogens (tertiary/aromatic N) is 3. The fraction of sp³-hybridized carbons (Fsp3) is 0.522. The number of rotatable bonds is 5. The van der Waals surface area contributed by atoms with Gasteiger partial charge < -0.3 is 30.9 Å². The molecule has 0 aliphatic carbocycles. The predicted octanol–water partition coefficient (Wildman–Crippen LogP) is 0.550. The molecular formula is C23H31N5O5. The van der Waals surface area contributed by atoms with Gasteiger partial charge in [0.05, 0.1) is 18.2 Å². The van der Waals surface area contributed by atoms with E-state index < -0.39 is 22.9 Å². The van der Waals surface area contributed by atoms with Crippen LogP contribution in [0.25, 0.3) is 0 Å².